The summed E-state index contributed by atoms with van der Waals surface area (Å²) in [7, 11) is 1.64. The molecule has 23 heavy (non-hydrogen) atoms. The molecule has 4 rings (SSSR count). The third-order valence-corrected chi connectivity index (χ3v) is 4.55. The van der Waals surface area contributed by atoms with Crippen LogP contribution >= 0.6 is 0 Å². The van der Waals surface area contributed by atoms with Crippen LogP contribution in [0.15, 0.2) is 48.7 Å². The van der Waals surface area contributed by atoms with Crippen molar-refractivity contribution in [2.75, 3.05) is 12.0 Å². The van der Waals surface area contributed by atoms with Gasteiger partial charge in [-0.05, 0) is 37.1 Å². The third-order valence-electron chi connectivity index (χ3n) is 4.55. The predicted octanol–water partition coefficient (Wildman–Crippen LogP) is 3.77. The second-order valence-electron chi connectivity index (χ2n) is 5.97. The van der Waals surface area contributed by atoms with E-state index in [2.05, 4.69) is 18.0 Å². The molecule has 0 aliphatic carbocycles. The van der Waals surface area contributed by atoms with Gasteiger partial charge >= 0.3 is 0 Å². The predicted molar refractivity (Wildman–Crippen MR) is 91.3 cm³/mol. The average molecular weight is 306 g/mol. The van der Waals surface area contributed by atoms with E-state index in [1.165, 1.54) is 5.56 Å². The summed E-state index contributed by atoms with van der Waals surface area (Å²) in [6, 6.07) is 14.0. The van der Waals surface area contributed by atoms with E-state index in [9.17, 15) is 4.79 Å². The molecular weight excluding hydrogens is 288 g/mol. The van der Waals surface area contributed by atoms with Gasteiger partial charge in [0.15, 0.2) is 0 Å². The molecule has 4 nitrogen and oxygen atoms in total. The number of methoxy groups -OCH3 is 1. The SMILES string of the molecule is COc1ccc2c(C(=O)N3c4ccccc4CC3C)c[nH]c2c1. The first-order valence-corrected chi connectivity index (χ1v) is 7.75. The first-order chi connectivity index (χ1) is 11.2. The zero-order chi connectivity index (χ0) is 16.0. The standard InChI is InChI=1S/C19H18N2O2/c1-12-9-13-5-3-4-6-18(13)21(12)19(22)16-11-20-17-10-14(23-2)7-8-15(16)17/h3-8,10-12,20H,9H2,1-2H3. The lowest BCUT2D eigenvalue weighted by molar-refractivity contribution is 0.0983. The van der Waals surface area contributed by atoms with Crippen LogP contribution in [0.3, 0.4) is 0 Å². The van der Waals surface area contributed by atoms with Gasteiger partial charge in [0, 0.05) is 34.9 Å². The molecule has 0 radical (unpaired) electrons. The van der Waals surface area contributed by atoms with Crippen LogP contribution in [-0.2, 0) is 6.42 Å². The van der Waals surface area contributed by atoms with Crippen molar-refractivity contribution >= 4 is 22.5 Å². The van der Waals surface area contributed by atoms with Crippen molar-refractivity contribution in [3.63, 3.8) is 0 Å². The molecule has 1 aromatic heterocycles. The Morgan fingerprint density at radius 1 is 1.26 bits per heavy atom. The van der Waals surface area contributed by atoms with E-state index in [1.807, 2.05) is 41.3 Å². The number of anilines is 1. The van der Waals surface area contributed by atoms with Crippen LogP contribution in [0.4, 0.5) is 5.69 Å². The van der Waals surface area contributed by atoms with Gasteiger partial charge in [0.2, 0.25) is 0 Å². The number of nitrogens with one attached hydrogen (secondary N) is 1. The lowest BCUT2D eigenvalue weighted by Gasteiger charge is -2.22. The Kier molecular flexibility index (Phi) is 3.11. The van der Waals surface area contributed by atoms with E-state index in [0.717, 1.165) is 28.8 Å². The van der Waals surface area contributed by atoms with Crippen LogP contribution < -0.4 is 9.64 Å². The van der Waals surface area contributed by atoms with E-state index in [4.69, 9.17) is 4.74 Å². The van der Waals surface area contributed by atoms with E-state index >= 15 is 0 Å². The van der Waals surface area contributed by atoms with Crippen molar-refractivity contribution in [2.45, 2.75) is 19.4 Å². The first-order valence-electron chi connectivity index (χ1n) is 7.75. The molecule has 0 saturated heterocycles. The summed E-state index contributed by atoms with van der Waals surface area (Å²) in [6.07, 6.45) is 2.69. The van der Waals surface area contributed by atoms with E-state index < -0.39 is 0 Å². The van der Waals surface area contributed by atoms with Gasteiger partial charge in [-0.2, -0.15) is 0 Å². The Morgan fingerprint density at radius 2 is 2.09 bits per heavy atom. The quantitative estimate of drug-likeness (QED) is 0.783. The normalized spacial score (nSPS) is 16.6. The topological polar surface area (TPSA) is 45.3 Å². The van der Waals surface area contributed by atoms with Crippen LogP contribution in [0.5, 0.6) is 5.75 Å². The van der Waals surface area contributed by atoms with Gasteiger partial charge in [-0.3, -0.25) is 4.79 Å². The lowest BCUT2D eigenvalue weighted by Crippen LogP contribution is -2.35. The number of hydrogen-bond acceptors (Lipinski definition) is 2. The number of aromatic amines is 1. The minimum Gasteiger partial charge on any atom is -0.497 e. The van der Waals surface area contributed by atoms with Gasteiger partial charge in [0.1, 0.15) is 5.75 Å². The molecule has 1 amide bonds. The largest absolute Gasteiger partial charge is 0.497 e. The molecule has 116 valence electrons. The summed E-state index contributed by atoms with van der Waals surface area (Å²) in [5, 5.41) is 0.924. The molecule has 1 atom stereocenters. The average Bonchev–Trinajstić information content (AvgIpc) is 3.13. The highest BCUT2D eigenvalue weighted by atomic mass is 16.5. The summed E-state index contributed by atoms with van der Waals surface area (Å²) in [4.78, 5) is 18.2. The van der Waals surface area contributed by atoms with Crippen molar-refractivity contribution in [3.05, 3.63) is 59.8 Å². The van der Waals surface area contributed by atoms with Crippen LogP contribution in [0.2, 0.25) is 0 Å². The van der Waals surface area contributed by atoms with Crippen LogP contribution in [-0.4, -0.2) is 24.0 Å². The Hall–Kier alpha value is -2.75. The number of H-pyrrole nitrogens is 1. The van der Waals surface area contributed by atoms with E-state index in [-0.39, 0.29) is 11.9 Å². The van der Waals surface area contributed by atoms with Gasteiger partial charge in [0.05, 0.1) is 12.7 Å². The summed E-state index contributed by atoms with van der Waals surface area (Å²) in [5.41, 5.74) is 3.86. The van der Waals surface area contributed by atoms with E-state index in [1.54, 1.807) is 13.3 Å². The maximum absolute atomic E-state index is 13.1. The number of nitrogens with zero attached hydrogens (tertiary/aromatic N) is 1. The first kappa shape index (κ1) is 13.9. The second kappa shape index (κ2) is 5.16. The highest BCUT2D eigenvalue weighted by molar-refractivity contribution is 6.15. The summed E-state index contributed by atoms with van der Waals surface area (Å²) >= 11 is 0. The number of ether oxygens (including phenoxy) is 1. The lowest BCUT2D eigenvalue weighted by atomic mass is 10.1. The number of aromatic nitrogens is 1. The van der Waals surface area contributed by atoms with Gasteiger partial charge in [-0.15, -0.1) is 0 Å². The van der Waals surface area contributed by atoms with Crippen LogP contribution in [0, 0.1) is 0 Å². The number of carbonyl (C=O) groups excluding carboxylic acids is 1. The molecule has 2 aromatic carbocycles. The molecule has 0 saturated carbocycles. The number of rotatable bonds is 2. The van der Waals surface area contributed by atoms with Crippen molar-refractivity contribution in [3.8, 4) is 5.75 Å². The molecule has 1 N–H and O–H groups in total. The maximum atomic E-state index is 13.1. The molecule has 4 heteroatoms. The number of amides is 1. The Labute approximate surface area is 134 Å². The van der Waals surface area contributed by atoms with Gasteiger partial charge in [0.25, 0.3) is 5.91 Å². The molecule has 3 aromatic rings. The summed E-state index contributed by atoms with van der Waals surface area (Å²) in [6.45, 7) is 2.09. The fourth-order valence-corrected chi connectivity index (χ4v) is 3.41. The minimum absolute atomic E-state index is 0.0406. The van der Waals surface area contributed by atoms with Crippen molar-refractivity contribution in [1.82, 2.24) is 4.98 Å². The molecule has 1 aliphatic rings. The summed E-state index contributed by atoms with van der Waals surface area (Å²) < 4.78 is 5.24. The Morgan fingerprint density at radius 3 is 2.91 bits per heavy atom. The van der Waals surface area contributed by atoms with Gasteiger partial charge in [-0.25, -0.2) is 0 Å². The van der Waals surface area contributed by atoms with Crippen molar-refractivity contribution in [1.29, 1.82) is 0 Å². The number of benzene rings is 2. The molecular formula is C19H18N2O2. The highest BCUT2D eigenvalue weighted by Crippen LogP contribution is 2.34. The number of para-hydroxylation sites is 1. The number of hydrogen-bond donors (Lipinski definition) is 1. The molecule has 0 fully saturated rings. The smallest absolute Gasteiger partial charge is 0.260 e. The fourth-order valence-electron chi connectivity index (χ4n) is 3.41. The van der Waals surface area contributed by atoms with E-state index in [0.29, 0.717) is 5.56 Å². The van der Waals surface area contributed by atoms with Crippen molar-refractivity contribution in [2.24, 2.45) is 0 Å². The Balaban J connectivity index is 1.78. The number of fused-ring (bicyclic) bond motifs is 2. The maximum Gasteiger partial charge on any atom is 0.260 e. The zero-order valence-electron chi connectivity index (χ0n) is 13.2. The van der Waals surface area contributed by atoms with Gasteiger partial charge in [-0.1, -0.05) is 18.2 Å². The molecule has 0 spiro atoms. The highest BCUT2D eigenvalue weighted by Gasteiger charge is 2.32. The molecule has 2 heterocycles. The van der Waals surface area contributed by atoms with Crippen LogP contribution in [0.25, 0.3) is 10.9 Å². The van der Waals surface area contributed by atoms with Crippen LogP contribution in [0.1, 0.15) is 22.8 Å². The van der Waals surface area contributed by atoms with Crippen molar-refractivity contribution < 1.29 is 9.53 Å². The Bertz CT molecular complexity index is 897. The minimum atomic E-state index is 0.0406. The monoisotopic (exact) mass is 306 g/mol. The summed E-state index contributed by atoms with van der Waals surface area (Å²) in [5.74, 6) is 0.817. The molecule has 0 bridgehead atoms. The number of carbonyl (C=O) groups is 1. The second-order valence-corrected chi connectivity index (χ2v) is 5.97. The third kappa shape index (κ3) is 2.10. The zero-order valence-corrected chi connectivity index (χ0v) is 13.2. The fraction of sp³-hybridized carbons (Fsp3) is 0.211. The molecule has 1 aliphatic heterocycles. The van der Waals surface area contributed by atoms with Gasteiger partial charge < -0.3 is 14.6 Å². The molecule has 1 unspecified atom stereocenters.